The Labute approximate surface area is 118 Å². The summed E-state index contributed by atoms with van der Waals surface area (Å²) in [6, 6.07) is 8.08. The van der Waals surface area contributed by atoms with E-state index in [9.17, 15) is 0 Å². The molecular formula is C13H12N2S3. The topological polar surface area (TPSA) is 38.9 Å². The van der Waals surface area contributed by atoms with E-state index in [1.165, 1.54) is 10.3 Å². The number of aromatic nitrogens is 1. The average molecular weight is 292 g/mol. The van der Waals surface area contributed by atoms with Crippen molar-refractivity contribution in [3.8, 4) is 0 Å². The zero-order valence-corrected chi connectivity index (χ0v) is 12.1. The number of benzene rings is 1. The molecule has 0 aliphatic heterocycles. The van der Waals surface area contributed by atoms with Crippen molar-refractivity contribution in [3.63, 3.8) is 0 Å². The molecule has 2 heterocycles. The van der Waals surface area contributed by atoms with E-state index in [0.717, 1.165) is 27.7 Å². The zero-order valence-electron chi connectivity index (χ0n) is 9.63. The molecule has 0 aliphatic carbocycles. The minimum absolute atomic E-state index is 0.806. The van der Waals surface area contributed by atoms with Gasteiger partial charge in [0.2, 0.25) is 0 Å². The summed E-state index contributed by atoms with van der Waals surface area (Å²) in [4.78, 5) is 4.60. The fourth-order valence-electron chi connectivity index (χ4n) is 1.67. The van der Waals surface area contributed by atoms with E-state index in [1.54, 1.807) is 22.7 Å². The predicted octanol–water partition coefficient (Wildman–Crippen LogP) is 4.27. The third-order valence-corrected chi connectivity index (χ3v) is 5.48. The second kappa shape index (κ2) is 5.30. The summed E-state index contributed by atoms with van der Waals surface area (Å²) >= 11 is 5.30. The third-order valence-electron chi connectivity index (χ3n) is 2.59. The van der Waals surface area contributed by atoms with E-state index >= 15 is 0 Å². The Balaban J connectivity index is 1.67. The standard InChI is InChI=1S/C13H12N2S3/c14-10-1-2-11-12(7-10)18-13(15-11)17-6-4-9-3-5-16-8-9/h1-3,5,7-8H,4,6,14H2. The second-order valence-electron chi connectivity index (χ2n) is 3.94. The highest BCUT2D eigenvalue weighted by Crippen LogP contribution is 2.31. The van der Waals surface area contributed by atoms with Crippen molar-refractivity contribution in [2.75, 3.05) is 11.5 Å². The van der Waals surface area contributed by atoms with Gasteiger partial charge in [0, 0.05) is 11.4 Å². The summed E-state index contributed by atoms with van der Waals surface area (Å²) < 4.78 is 2.30. The van der Waals surface area contributed by atoms with E-state index in [0.29, 0.717) is 0 Å². The molecule has 0 bridgehead atoms. The fourth-order valence-corrected chi connectivity index (χ4v) is 4.55. The van der Waals surface area contributed by atoms with Crippen LogP contribution in [0.2, 0.25) is 0 Å². The highest BCUT2D eigenvalue weighted by Gasteiger charge is 2.04. The lowest BCUT2D eigenvalue weighted by Crippen LogP contribution is -1.84. The van der Waals surface area contributed by atoms with Crippen molar-refractivity contribution in [3.05, 3.63) is 40.6 Å². The molecule has 0 aliphatic rings. The number of fused-ring (bicyclic) bond motifs is 1. The highest BCUT2D eigenvalue weighted by atomic mass is 32.2. The summed E-state index contributed by atoms with van der Waals surface area (Å²) in [5.41, 5.74) is 9.04. The van der Waals surface area contributed by atoms with Crippen molar-refractivity contribution < 1.29 is 0 Å². The summed E-state index contributed by atoms with van der Waals surface area (Å²) in [6.45, 7) is 0. The van der Waals surface area contributed by atoms with Crippen LogP contribution in [0.4, 0.5) is 5.69 Å². The van der Waals surface area contributed by atoms with Crippen LogP contribution in [0.25, 0.3) is 10.2 Å². The van der Waals surface area contributed by atoms with Gasteiger partial charge in [-0.15, -0.1) is 11.3 Å². The van der Waals surface area contributed by atoms with Gasteiger partial charge in [0.15, 0.2) is 4.34 Å². The molecule has 0 unspecified atom stereocenters. The fraction of sp³-hybridized carbons (Fsp3) is 0.154. The summed E-state index contributed by atoms with van der Waals surface area (Å²) in [5.74, 6) is 1.08. The van der Waals surface area contributed by atoms with Crippen LogP contribution < -0.4 is 5.73 Å². The minimum Gasteiger partial charge on any atom is -0.399 e. The minimum atomic E-state index is 0.806. The predicted molar refractivity (Wildman–Crippen MR) is 82.8 cm³/mol. The molecule has 0 fully saturated rings. The Bertz CT molecular complexity index is 643. The second-order valence-corrected chi connectivity index (χ2v) is 7.09. The van der Waals surface area contributed by atoms with E-state index in [2.05, 4.69) is 21.8 Å². The number of thioether (sulfide) groups is 1. The van der Waals surface area contributed by atoms with Gasteiger partial charge in [0.25, 0.3) is 0 Å². The summed E-state index contributed by atoms with van der Waals surface area (Å²) in [5, 5.41) is 4.33. The van der Waals surface area contributed by atoms with Gasteiger partial charge in [-0.05, 0) is 47.0 Å². The number of thiophene rings is 1. The van der Waals surface area contributed by atoms with E-state index < -0.39 is 0 Å². The van der Waals surface area contributed by atoms with Crippen molar-refractivity contribution in [1.29, 1.82) is 0 Å². The first-order chi connectivity index (χ1) is 8.81. The van der Waals surface area contributed by atoms with Gasteiger partial charge in [-0.25, -0.2) is 4.98 Å². The molecule has 1 aromatic carbocycles. The average Bonchev–Trinajstić information content (AvgIpc) is 2.97. The molecule has 0 amide bonds. The van der Waals surface area contributed by atoms with Crippen LogP contribution in [-0.2, 0) is 6.42 Å². The molecule has 0 saturated carbocycles. The van der Waals surface area contributed by atoms with Gasteiger partial charge >= 0.3 is 0 Å². The number of thiazole rings is 1. The first kappa shape index (κ1) is 12.0. The molecule has 2 N–H and O–H groups in total. The molecule has 0 radical (unpaired) electrons. The van der Waals surface area contributed by atoms with Crippen LogP contribution in [-0.4, -0.2) is 10.7 Å². The maximum Gasteiger partial charge on any atom is 0.151 e. The molecule has 18 heavy (non-hydrogen) atoms. The van der Waals surface area contributed by atoms with Gasteiger partial charge in [-0.1, -0.05) is 11.8 Å². The number of hydrogen-bond acceptors (Lipinski definition) is 5. The van der Waals surface area contributed by atoms with Crippen LogP contribution in [0.3, 0.4) is 0 Å². The van der Waals surface area contributed by atoms with Gasteiger partial charge in [-0.3, -0.25) is 0 Å². The third kappa shape index (κ3) is 2.68. The number of hydrogen-bond donors (Lipinski definition) is 1. The number of nitrogen functional groups attached to an aromatic ring is 1. The quantitative estimate of drug-likeness (QED) is 0.576. The Hall–Kier alpha value is -1.04. The number of nitrogens with two attached hydrogens (primary N) is 1. The summed E-state index contributed by atoms with van der Waals surface area (Å²) in [6.07, 6.45) is 1.10. The Morgan fingerprint density at radius 2 is 2.22 bits per heavy atom. The van der Waals surface area contributed by atoms with Crippen molar-refractivity contribution in [2.45, 2.75) is 10.8 Å². The lowest BCUT2D eigenvalue weighted by atomic mass is 10.3. The van der Waals surface area contributed by atoms with Crippen LogP contribution in [0.5, 0.6) is 0 Å². The smallest absolute Gasteiger partial charge is 0.151 e. The molecule has 5 heteroatoms. The maximum atomic E-state index is 5.77. The van der Waals surface area contributed by atoms with Gasteiger partial charge in [-0.2, -0.15) is 11.3 Å². The van der Waals surface area contributed by atoms with Gasteiger partial charge < -0.3 is 5.73 Å². The van der Waals surface area contributed by atoms with Crippen molar-refractivity contribution >= 4 is 50.3 Å². The molecular weight excluding hydrogens is 280 g/mol. The van der Waals surface area contributed by atoms with Gasteiger partial charge in [0.1, 0.15) is 0 Å². The Morgan fingerprint density at radius 3 is 3.06 bits per heavy atom. The molecule has 3 rings (SSSR count). The Morgan fingerprint density at radius 1 is 1.28 bits per heavy atom. The van der Waals surface area contributed by atoms with E-state index in [-0.39, 0.29) is 0 Å². The number of aryl methyl sites for hydroxylation is 1. The molecule has 2 nitrogen and oxygen atoms in total. The van der Waals surface area contributed by atoms with Crippen LogP contribution in [0.1, 0.15) is 5.56 Å². The molecule has 0 spiro atoms. The largest absolute Gasteiger partial charge is 0.399 e. The Kier molecular flexibility index (Phi) is 3.54. The lowest BCUT2D eigenvalue weighted by Gasteiger charge is -1.94. The first-order valence-corrected chi connectivity index (χ1v) is 8.36. The van der Waals surface area contributed by atoms with Crippen LogP contribution in [0.15, 0.2) is 39.4 Å². The lowest BCUT2D eigenvalue weighted by molar-refractivity contribution is 1.16. The zero-order chi connectivity index (χ0) is 12.4. The van der Waals surface area contributed by atoms with E-state index in [1.807, 2.05) is 30.0 Å². The normalized spacial score (nSPS) is 11.1. The van der Waals surface area contributed by atoms with Crippen molar-refractivity contribution in [2.24, 2.45) is 0 Å². The van der Waals surface area contributed by atoms with Crippen molar-refractivity contribution in [1.82, 2.24) is 4.98 Å². The van der Waals surface area contributed by atoms with E-state index in [4.69, 9.17) is 5.73 Å². The van der Waals surface area contributed by atoms with Crippen LogP contribution >= 0.6 is 34.4 Å². The highest BCUT2D eigenvalue weighted by molar-refractivity contribution is 8.01. The molecule has 3 aromatic rings. The SMILES string of the molecule is Nc1ccc2nc(SCCc3ccsc3)sc2c1. The molecule has 0 atom stereocenters. The maximum absolute atomic E-state index is 5.77. The number of rotatable bonds is 4. The first-order valence-electron chi connectivity index (χ1n) is 5.61. The molecule has 2 aromatic heterocycles. The number of anilines is 1. The number of nitrogens with zero attached hydrogens (tertiary/aromatic N) is 1. The molecule has 0 saturated heterocycles. The summed E-state index contributed by atoms with van der Waals surface area (Å²) in [7, 11) is 0. The van der Waals surface area contributed by atoms with Crippen LogP contribution in [0, 0.1) is 0 Å². The molecule has 92 valence electrons. The van der Waals surface area contributed by atoms with Gasteiger partial charge in [0.05, 0.1) is 10.2 Å². The monoisotopic (exact) mass is 292 g/mol.